The zero-order valence-corrected chi connectivity index (χ0v) is 7.13. The third-order valence-corrected chi connectivity index (χ3v) is 1.09. The predicted octanol–water partition coefficient (Wildman–Crippen LogP) is 1.69. The van der Waals surface area contributed by atoms with Gasteiger partial charge in [0.2, 0.25) is 0 Å². The van der Waals surface area contributed by atoms with Gasteiger partial charge in [0.15, 0.2) is 0 Å². The van der Waals surface area contributed by atoms with Gasteiger partial charge < -0.3 is 5.32 Å². The van der Waals surface area contributed by atoms with Crippen LogP contribution in [-0.4, -0.2) is 15.5 Å². The number of aromatic nitrogens is 2. The molecule has 0 atom stereocenters. The van der Waals surface area contributed by atoms with Crippen molar-refractivity contribution in [2.75, 3.05) is 5.32 Å². The van der Waals surface area contributed by atoms with Gasteiger partial charge in [0.1, 0.15) is 12.1 Å². The fourth-order valence-electron chi connectivity index (χ4n) is 0.749. The van der Waals surface area contributed by atoms with Gasteiger partial charge in [-0.25, -0.2) is 9.97 Å². The molecule has 0 aliphatic rings. The lowest BCUT2D eigenvalue weighted by Gasteiger charge is -2.20. The van der Waals surface area contributed by atoms with E-state index in [2.05, 4.69) is 36.1 Å². The summed E-state index contributed by atoms with van der Waals surface area (Å²) in [7, 11) is 0. The Morgan fingerprint density at radius 2 is 2.09 bits per heavy atom. The minimum atomic E-state index is 0.0638. The van der Waals surface area contributed by atoms with Crippen LogP contribution in [0.25, 0.3) is 0 Å². The van der Waals surface area contributed by atoms with Gasteiger partial charge in [-0.3, -0.25) is 0 Å². The van der Waals surface area contributed by atoms with E-state index < -0.39 is 0 Å². The van der Waals surface area contributed by atoms with Crippen LogP contribution < -0.4 is 5.32 Å². The van der Waals surface area contributed by atoms with E-state index in [1.165, 1.54) is 6.33 Å². The Morgan fingerprint density at radius 3 is 2.55 bits per heavy atom. The molecule has 1 heterocycles. The molecular weight excluding hydrogens is 138 g/mol. The highest BCUT2D eigenvalue weighted by Gasteiger charge is 2.08. The number of nitrogens with zero attached hydrogens (tertiary/aromatic N) is 2. The minimum absolute atomic E-state index is 0.0638. The van der Waals surface area contributed by atoms with E-state index in [1.54, 1.807) is 6.20 Å². The number of hydrogen-bond donors (Lipinski definition) is 1. The maximum Gasteiger partial charge on any atom is 0.129 e. The molecule has 0 aliphatic heterocycles. The topological polar surface area (TPSA) is 37.8 Å². The van der Waals surface area contributed by atoms with E-state index in [9.17, 15) is 0 Å². The highest BCUT2D eigenvalue weighted by Crippen LogP contribution is 2.09. The summed E-state index contributed by atoms with van der Waals surface area (Å²) in [4.78, 5) is 7.87. The molecule has 1 N–H and O–H groups in total. The summed E-state index contributed by atoms with van der Waals surface area (Å²) in [5.74, 6) is 0.868. The van der Waals surface area contributed by atoms with Crippen LogP contribution in [0.15, 0.2) is 18.6 Å². The Morgan fingerprint density at radius 1 is 1.36 bits per heavy atom. The number of anilines is 1. The smallest absolute Gasteiger partial charge is 0.129 e. The Balaban J connectivity index is 2.66. The Bertz CT molecular complexity index is 213. The van der Waals surface area contributed by atoms with Crippen molar-refractivity contribution < 1.29 is 0 Å². The van der Waals surface area contributed by atoms with Crippen LogP contribution in [-0.2, 0) is 0 Å². The molecule has 0 unspecified atom stereocenters. The van der Waals surface area contributed by atoms with E-state index in [0.29, 0.717) is 0 Å². The first-order valence-corrected chi connectivity index (χ1v) is 3.62. The highest BCUT2D eigenvalue weighted by molar-refractivity contribution is 5.34. The first kappa shape index (κ1) is 7.98. The zero-order chi connectivity index (χ0) is 8.32. The van der Waals surface area contributed by atoms with Crippen molar-refractivity contribution in [3.63, 3.8) is 0 Å². The molecule has 1 aromatic rings. The zero-order valence-electron chi connectivity index (χ0n) is 7.13. The van der Waals surface area contributed by atoms with E-state index in [1.807, 2.05) is 6.07 Å². The van der Waals surface area contributed by atoms with Gasteiger partial charge >= 0.3 is 0 Å². The lowest BCUT2D eigenvalue weighted by Crippen LogP contribution is -2.26. The molecule has 0 aliphatic carbocycles. The molecule has 0 radical (unpaired) electrons. The van der Waals surface area contributed by atoms with Crippen molar-refractivity contribution in [2.24, 2.45) is 0 Å². The summed E-state index contributed by atoms with van der Waals surface area (Å²) in [6.45, 7) is 6.28. The molecule has 0 saturated carbocycles. The second-order valence-corrected chi connectivity index (χ2v) is 3.47. The summed E-state index contributed by atoms with van der Waals surface area (Å²) in [5.41, 5.74) is 0.0638. The quantitative estimate of drug-likeness (QED) is 0.663. The molecule has 3 heteroatoms. The van der Waals surface area contributed by atoms with Crippen LogP contribution in [0.4, 0.5) is 5.82 Å². The van der Waals surface area contributed by atoms with Crippen molar-refractivity contribution in [1.82, 2.24) is 9.97 Å². The van der Waals surface area contributed by atoms with Gasteiger partial charge in [-0.15, -0.1) is 0 Å². The fraction of sp³-hybridized carbons (Fsp3) is 0.500. The molecule has 0 saturated heterocycles. The van der Waals surface area contributed by atoms with Gasteiger partial charge in [-0.05, 0) is 26.8 Å². The SMILES string of the molecule is CC(C)(C)Nc1ccncn1. The second kappa shape index (κ2) is 2.86. The summed E-state index contributed by atoms with van der Waals surface area (Å²) in [6, 6.07) is 1.85. The van der Waals surface area contributed by atoms with Gasteiger partial charge in [0, 0.05) is 11.7 Å². The second-order valence-electron chi connectivity index (χ2n) is 3.47. The lowest BCUT2D eigenvalue weighted by atomic mass is 10.1. The monoisotopic (exact) mass is 151 g/mol. The maximum atomic E-state index is 4.04. The number of nitrogens with one attached hydrogen (secondary N) is 1. The highest BCUT2D eigenvalue weighted by atomic mass is 15.0. The van der Waals surface area contributed by atoms with Crippen molar-refractivity contribution in [3.8, 4) is 0 Å². The van der Waals surface area contributed by atoms with Gasteiger partial charge in [-0.2, -0.15) is 0 Å². The standard InChI is InChI=1S/C8H13N3/c1-8(2,3)11-7-4-5-9-6-10-7/h4-6H,1-3H3,(H,9,10,11). The van der Waals surface area contributed by atoms with Crippen LogP contribution in [0.1, 0.15) is 20.8 Å². The predicted molar refractivity (Wildman–Crippen MR) is 45.4 cm³/mol. The minimum Gasteiger partial charge on any atom is -0.365 e. The van der Waals surface area contributed by atoms with Crippen LogP contribution in [0.3, 0.4) is 0 Å². The Hall–Kier alpha value is -1.12. The van der Waals surface area contributed by atoms with E-state index in [-0.39, 0.29) is 5.54 Å². The van der Waals surface area contributed by atoms with E-state index in [0.717, 1.165) is 5.82 Å². The van der Waals surface area contributed by atoms with Gasteiger partial charge in [-0.1, -0.05) is 0 Å². The Labute approximate surface area is 66.9 Å². The van der Waals surface area contributed by atoms with Gasteiger partial charge in [0.25, 0.3) is 0 Å². The summed E-state index contributed by atoms with van der Waals surface area (Å²) < 4.78 is 0. The summed E-state index contributed by atoms with van der Waals surface area (Å²) in [6.07, 6.45) is 3.26. The van der Waals surface area contributed by atoms with Crippen molar-refractivity contribution in [1.29, 1.82) is 0 Å². The third kappa shape index (κ3) is 2.98. The molecule has 3 nitrogen and oxygen atoms in total. The van der Waals surface area contributed by atoms with Crippen LogP contribution >= 0.6 is 0 Å². The number of hydrogen-bond acceptors (Lipinski definition) is 3. The molecule has 0 spiro atoms. The molecule has 1 rings (SSSR count). The van der Waals surface area contributed by atoms with E-state index in [4.69, 9.17) is 0 Å². The molecule has 0 aromatic carbocycles. The van der Waals surface area contributed by atoms with Gasteiger partial charge in [0.05, 0.1) is 0 Å². The van der Waals surface area contributed by atoms with Crippen LogP contribution in [0, 0.1) is 0 Å². The molecule has 1 aromatic heterocycles. The maximum absolute atomic E-state index is 4.04. The summed E-state index contributed by atoms with van der Waals surface area (Å²) in [5, 5.41) is 3.23. The normalized spacial score (nSPS) is 11.2. The molecule has 0 fully saturated rings. The van der Waals surface area contributed by atoms with Crippen LogP contribution in [0.5, 0.6) is 0 Å². The largest absolute Gasteiger partial charge is 0.365 e. The molecule has 0 bridgehead atoms. The van der Waals surface area contributed by atoms with Crippen molar-refractivity contribution in [2.45, 2.75) is 26.3 Å². The lowest BCUT2D eigenvalue weighted by molar-refractivity contribution is 0.630. The van der Waals surface area contributed by atoms with Crippen molar-refractivity contribution in [3.05, 3.63) is 18.6 Å². The Kier molecular flexibility index (Phi) is 2.08. The average Bonchev–Trinajstić information content (AvgIpc) is 1.85. The molecule has 0 amide bonds. The third-order valence-electron chi connectivity index (χ3n) is 1.09. The summed E-state index contributed by atoms with van der Waals surface area (Å²) >= 11 is 0. The van der Waals surface area contributed by atoms with Crippen LogP contribution in [0.2, 0.25) is 0 Å². The first-order chi connectivity index (χ1) is 5.08. The fourth-order valence-corrected chi connectivity index (χ4v) is 0.749. The first-order valence-electron chi connectivity index (χ1n) is 3.62. The average molecular weight is 151 g/mol. The molecule has 11 heavy (non-hydrogen) atoms. The molecular formula is C8H13N3. The number of rotatable bonds is 1. The molecule has 60 valence electrons. The van der Waals surface area contributed by atoms with E-state index >= 15 is 0 Å². The van der Waals surface area contributed by atoms with Crippen molar-refractivity contribution >= 4 is 5.82 Å².